The van der Waals surface area contributed by atoms with Crippen molar-refractivity contribution >= 4 is 11.8 Å². The minimum absolute atomic E-state index is 0.105. The van der Waals surface area contributed by atoms with Crippen LogP contribution >= 0.6 is 0 Å². The van der Waals surface area contributed by atoms with Gasteiger partial charge >= 0.3 is 5.97 Å². The van der Waals surface area contributed by atoms with Crippen LogP contribution in [0.25, 0.3) is 0 Å². The SMILES string of the molecule is C/C=C\CCCC(=O)OC(C/C=C1\CC=C(C)C1=O)CCCCC.CC. The number of rotatable bonds is 11. The second-order valence-corrected chi connectivity index (χ2v) is 6.45. The van der Waals surface area contributed by atoms with Crippen molar-refractivity contribution in [3.63, 3.8) is 0 Å². The topological polar surface area (TPSA) is 43.4 Å². The Balaban J connectivity index is 0.00000301. The number of ether oxygens (including phenoxy) is 1. The summed E-state index contributed by atoms with van der Waals surface area (Å²) in [5.41, 5.74) is 1.67. The van der Waals surface area contributed by atoms with E-state index in [1.165, 1.54) is 0 Å². The van der Waals surface area contributed by atoms with Crippen LogP contribution in [-0.4, -0.2) is 17.9 Å². The molecule has 0 aliphatic heterocycles. The fourth-order valence-electron chi connectivity index (χ4n) is 2.77. The maximum absolute atomic E-state index is 12.0. The van der Waals surface area contributed by atoms with Crippen LogP contribution in [0.4, 0.5) is 0 Å². The Morgan fingerprint density at radius 1 is 1.27 bits per heavy atom. The molecule has 0 radical (unpaired) electrons. The summed E-state index contributed by atoms with van der Waals surface area (Å²) >= 11 is 0. The van der Waals surface area contributed by atoms with Gasteiger partial charge in [0.25, 0.3) is 0 Å². The molecule has 0 N–H and O–H groups in total. The predicted octanol–water partition coefficient (Wildman–Crippen LogP) is 6.49. The van der Waals surface area contributed by atoms with E-state index in [1.807, 2.05) is 45.9 Å². The third-order valence-corrected chi connectivity index (χ3v) is 4.32. The normalized spacial score (nSPS) is 16.4. The second kappa shape index (κ2) is 15.6. The Kier molecular flexibility index (Phi) is 14.6. The highest BCUT2D eigenvalue weighted by molar-refractivity contribution is 6.10. The summed E-state index contributed by atoms with van der Waals surface area (Å²) in [4.78, 5) is 24.0. The average Bonchev–Trinajstić information content (AvgIpc) is 2.97. The molecule has 1 aliphatic carbocycles. The number of esters is 1. The first-order valence-electron chi connectivity index (χ1n) is 10.3. The lowest BCUT2D eigenvalue weighted by Gasteiger charge is -2.17. The first-order chi connectivity index (χ1) is 12.6. The summed E-state index contributed by atoms with van der Waals surface area (Å²) in [6.07, 6.45) is 15.7. The van der Waals surface area contributed by atoms with Gasteiger partial charge < -0.3 is 4.74 Å². The van der Waals surface area contributed by atoms with Gasteiger partial charge in [-0.1, -0.05) is 57.9 Å². The van der Waals surface area contributed by atoms with E-state index in [1.54, 1.807) is 0 Å². The van der Waals surface area contributed by atoms with Crippen LogP contribution in [-0.2, 0) is 14.3 Å². The summed E-state index contributed by atoms with van der Waals surface area (Å²) in [7, 11) is 0. The summed E-state index contributed by atoms with van der Waals surface area (Å²) in [5, 5.41) is 0. The average molecular weight is 363 g/mol. The molecule has 0 heterocycles. The van der Waals surface area contributed by atoms with Crippen LogP contribution in [0.15, 0.2) is 35.5 Å². The van der Waals surface area contributed by atoms with E-state index in [-0.39, 0.29) is 17.9 Å². The van der Waals surface area contributed by atoms with Crippen molar-refractivity contribution in [1.82, 2.24) is 0 Å². The molecule has 0 amide bonds. The smallest absolute Gasteiger partial charge is 0.306 e. The number of carbonyl (C=O) groups excluding carboxylic acids is 2. The number of unbranched alkanes of at least 4 members (excludes halogenated alkanes) is 3. The monoisotopic (exact) mass is 362 g/mol. The molecule has 26 heavy (non-hydrogen) atoms. The molecular formula is C23H38O3. The van der Waals surface area contributed by atoms with Crippen molar-refractivity contribution in [1.29, 1.82) is 0 Å². The zero-order valence-electron chi connectivity index (χ0n) is 17.5. The van der Waals surface area contributed by atoms with Gasteiger partial charge in [-0.2, -0.15) is 0 Å². The molecule has 1 aliphatic rings. The third kappa shape index (κ3) is 10.4. The van der Waals surface area contributed by atoms with Crippen LogP contribution in [0.3, 0.4) is 0 Å². The van der Waals surface area contributed by atoms with E-state index in [0.29, 0.717) is 19.3 Å². The van der Waals surface area contributed by atoms with Crippen LogP contribution < -0.4 is 0 Å². The maximum Gasteiger partial charge on any atom is 0.306 e. The fraction of sp³-hybridized carbons (Fsp3) is 0.652. The first kappa shape index (κ1) is 24.4. The Labute approximate surface area is 160 Å². The molecule has 0 aromatic heterocycles. The largest absolute Gasteiger partial charge is 0.462 e. The molecule has 3 nitrogen and oxygen atoms in total. The third-order valence-electron chi connectivity index (χ3n) is 4.32. The van der Waals surface area contributed by atoms with Gasteiger partial charge in [-0.05, 0) is 57.1 Å². The van der Waals surface area contributed by atoms with Gasteiger partial charge in [-0.3, -0.25) is 9.59 Å². The summed E-state index contributed by atoms with van der Waals surface area (Å²) < 4.78 is 5.66. The van der Waals surface area contributed by atoms with E-state index in [0.717, 1.165) is 49.7 Å². The summed E-state index contributed by atoms with van der Waals surface area (Å²) in [6, 6.07) is 0. The zero-order chi connectivity index (χ0) is 19.8. The van der Waals surface area contributed by atoms with Crippen molar-refractivity contribution in [2.75, 3.05) is 0 Å². The Morgan fingerprint density at radius 3 is 2.58 bits per heavy atom. The lowest BCUT2D eigenvalue weighted by Crippen LogP contribution is -2.18. The lowest BCUT2D eigenvalue weighted by molar-refractivity contribution is -0.149. The quantitative estimate of drug-likeness (QED) is 0.183. The van der Waals surface area contributed by atoms with Crippen LogP contribution in [0, 0.1) is 0 Å². The van der Waals surface area contributed by atoms with Crippen molar-refractivity contribution in [2.24, 2.45) is 0 Å². The van der Waals surface area contributed by atoms with E-state index < -0.39 is 0 Å². The highest BCUT2D eigenvalue weighted by Crippen LogP contribution is 2.22. The van der Waals surface area contributed by atoms with Crippen LogP contribution in [0.1, 0.15) is 92.4 Å². The molecule has 1 unspecified atom stereocenters. The van der Waals surface area contributed by atoms with Gasteiger partial charge in [-0.25, -0.2) is 0 Å². The minimum atomic E-state index is -0.119. The van der Waals surface area contributed by atoms with Gasteiger partial charge in [0, 0.05) is 12.8 Å². The Morgan fingerprint density at radius 2 is 2.00 bits per heavy atom. The molecule has 0 spiro atoms. The summed E-state index contributed by atoms with van der Waals surface area (Å²) in [5.74, 6) is 0.0199. The number of allylic oxidation sites excluding steroid dienone is 5. The van der Waals surface area contributed by atoms with Crippen molar-refractivity contribution < 1.29 is 14.3 Å². The number of ketones is 1. The lowest BCUT2D eigenvalue weighted by atomic mass is 10.0. The number of hydrogen-bond acceptors (Lipinski definition) is 3. The number of carbonyl (C=O) groups is 2. The zero-order valence-corrected chi connectivity index (χ0v) is 17.5. The number of Topliss-reactive ketones (excluding diaryl/α,β-unsaturated/α-hetero) is 1. The second-order valence-electron chi connectivity index (χ2n) is 6.45. The minimum Gasteiger partial charge on any atom is -0.462 e. The van der Waals surface area contributed by atoms with E-state index in [2.05, 4.69) is 13.0 Å². The van der Waals surface area contributed by atoms with Crippen molar-refractivity contribution in [2.45, 2.75) is 98.5 Å². The van der Waals surface area contributed by atoms with E-state index >= 15 is 0 Å². The molecule has 3 heteroatoms. The first-order valence-corrected chi connectivity index (χ1v) is 10.3. The predicted molar refractivity (Wildman–Crippen MR) is 110 cm³/mol. The highest BCUT2D eigenvalue weighted by atomic mass is 16.5. The molecular weight excluding hydrogens is 324 g/mol. The van der Waals surface area contributed by atoms with Crippen molar-refractivity contribution in [3.8, 4) is 0 Å². The van der Waals surface area contributed by atoms with E-state index in [9.17, 15) is 9.59 Å². The molecule has 0 saturated carbocycles. The van der Waals surface area contributed by atoms with Crippen LogP contribution in [0.5, 0.6) is 0 Å². The molecule has 0 fully saturated rings. The molecule has 0 aromatic rings. The Bertz CT molecular complexity index is 498. The highest BCUT2D eigenvalue weighted by Gasteiger charge is 2.19. The van der Waals surface area contributed by atoms with Crippen molar-refractivity contribution in [3.05, 3.63) is 35.5 Å². The van der Waals surface area contributed by atoms with Gasteiger partial charge in [-0.15, -0.1) is 0 Å². The molecule has 148 valence electrons. The molecule has 1 rings (SSSR count). The van der Waals surface area contributed by atoms with Gasteiger partial charge in [0.1, 0.15) is 6.10 Å². The van der Waals surface area contributed by atoms with Gasteiger partial charge in [0.2, 0.25) is 0 Å². The molecule has 1 atom stereocenters. The fourth-order valence-corrected chi connectivity index (χ4v) is 2.77. The molecule has 0 saturated heterocycles. The maximum atomic E-state index is 12.0. The van der Waals surface area contributed by atoms with Gasteiger partial charge in [0.05, 0.1) is 0 Å². The number of hydrogen-bond donors (Lipinski definition) is 0. The Hall–Kier alpha value is -1.64. The van der Waals surface area contributed by atoms with E-state index in [4.69, 9.17) is 4.74 Å². The van der Waals surface area contributed by atoms with Crippen LogP contribution in [0.2, 0.25) is 0 Å². The standard InChI is InChI=1S/C21H32O3.C2H6/c1-4-6-8-10-12-20(22)24-19(11-9-7-5-2)16-15-18-14-13-17(3)21(18)23;1-2/h4,6,13,15,19H,5,7-12,14,16H2,1-3H3;1-2H3/b6-4-,18-15+;. The summed E-state index contributed by atoms with van der Waals surface area (Å²) in [6.45, 7) is 10.00. The molecule has 0 bridgehead atoms. The van der Waals surface area contributed by atoms with Gasteiger partial charge in [0.15, 0.2) is 5.78 Å². The molecule has 0 aromatic carbocycles.